The van der Waals surface area contributed by atoms with Gasteiger partial charge in [0.25, 0.3) is 5.91 Å². The molecule has 0 aliphatic heterocycles. The van der Waals surface area contributed by atoms with Gasteiger partial charge in [-0.15, -0.1) is 0 Å². The molecule has 2 heterocycles. The molecule has 1 amide bonds. The summed E-state index contributed by atoms with van der Waals surface area (Å²) < 4.78 is 3.56. The third-order valence-corrected chi connectivity index (χ3v) is 5.72. The third-order valence-electron chi connectivity index (χ3n) is 5.72. The normalized spacial score (nSPS) is 11.0. The van der Waals surface area contributed by atoms with Crippen LogP contribution in [0.25, 0.3) is 16.9 Å². The highest BCUT2D eigenvalue weighted by Gasteiger charge is 2.17. The zero-order valence-corrected chi connectivity index (χ0v) is 19.2. The van der Waals surface area contributed by atoms with Gasteiger partial charge in [-0.05, 0) is 55.8 Å². The Morgan fingerprint density at radius 2 is 1.79 bits per heavy atom. The first kappa shape index (κ1) is 21.3. The zero-order valence-electron chi connectivity index (χ0n) is 19.2. The van der Waals surface area contributed by atoms with Gasteiger partial charge in [-0.2, -0.15) is 5.10 Å². The number of nitrogens with two attached hydrogens (primary N) is 1. The van der Waals surface area contributed by atoms with Gasteiger partial charge in [-0.25, -0.2) is 4.98 Å². The fourth-order valence-electron chi connectivity index (χ4n) is 3.86. The summed E-state index contributed by atoms with van der Waals surface area (Å²) in [7, 11) is 1.80. The standard InChI is InChI=1S/C26H25N7O/c1-16-7-6-8-18(13-16)25(34)28-19-12-11-17(2)21(14-19)30-26-29-20-9-4-5-10-22(20)33(26)24-15-23(27)32(3)31-24/h4-15H,27H2,1-3H3,(H,28,34)(H,29,30). The monoisotopic (exact) mass is 451 g/mol. The number of carbonyl (C=O) groups is 1. The van der Waals surface area contributed by atoms with Crippen LogP contribution in [0.1, 0.15) is 21.5 Å². The average Bonchev–Trinajstić information content (AvgIpc) is 3.34. The van der Waals surface area contributed by atoms with E-state index in [0.29, 0.717) is 28.8 Å². The van der Waals surface area contributed by atoms with E-state index in [2.05, 4.69) is 15.7 Å². The Morgan fingerprint density at radius 1 is 0.971 bits per heavy atom. The maximum Gasteiger partial charge on any atom is 0.255 e. The largest absolute Gasteiger partial charge is 0.384 e. The van der Waals surface area contributed by atoms with Crippen molar-refractivity contribution in [2.45, 2.75) is 13.8 Å². The molecule has 0 fully saturated rings. The van der Waals surface area contributed by atoms with Crippen LogP contribution < -0.4 is 16.4 Å². The van der Waals surface area contributed by atoms with E-state index >= 15 is 0 Å². The topological polar surface area (TPSA) is 103 Å². The molecule has 8 heteroatoms. The van der Waals surface area contributed by atoms with Crippen LogP contribution in [-0.4, -0.2) is 25.2 Å². The van der Waals surface area contributed by atoms with Gasteiger partial charge >= 0.3 is 0 Å². The number of aryl methyl sites for hydroxylation is 3. The van der Waals surface area contributed by atoms with Crippen LogP contribution in [0.3, 0.4) is 0 Å². The Bertz CT molecular complexity index is 1510. The minimum absolute atomic E-state index is 0.158. The summed E-state index contributed by atoms with van der Waals surface area (Å²) in [5.41, 5.74) is 11.9. The summed E-state index contributed by atoms with van der Waals surface area (Å²) in [4.78, 5) is 17.5. The summed E-state index contributed by atoms with van der Waals surface area (Å²) in [5, 5.41) is 11.0. The number of rotatable bonds is 5. The molecule has 0 spiro atoms. The molecule has 5 rings (SSSR count). The number of anilines is 4. The van der Waals surface area contributed by atoms with Gasteiger partial charge in [0.15, 0.2) is 5.82 Å². The minimum Gasteiger partial charge on any atom is -0.384 e. The van der Waals surface area contributed by atoms with Gasteiger partial charge in [0.1, 0.15) is 5.82 Å². The number of hydrogen-bond donors (Lipinski definition) is 3. The Balaban J connectivity index is 1.51. The van der Waals surface area contributed by atoms with Crippen LogP contribution in [0.4, 0.5) is 23.1 Å². The highest BCUT2D eigenvalue weighted by atomic mass is 16.1. The number of para-hydroxylation sites is 2. The SMILES string of the molecule is Cc1cccc(C(=O)Nc2ccc(C)c(Nc3nc4ccccc4n3-c3cc(N)n(C)n3)c2)c1. The number of benzene rings is 3. The van der Waals surface area contributed by atoms with Gasteiger partial charge in [-0.3, -0.25) is 14.0 Å². The van der Waals surface area contributed by atoms with Gasteiger partial charge in [-0.1, -0.05) is 35.9 Å². The van der Waals surface area contributed by atoms with E-state index in [4.69, 9.17) is 10.7 Å². The molecule has 0 bridgehead atoms. The second-order valence-electron chi connectivity index (χ2n) is 8.29. The quantitative estimate of drug-likeness (QED) is 0.351. The van der Waals surface area contributed by atoms with Crippen LogP contribution in [0.15, 0.2) is 72.8 Å². The van der Waals surface area contributed by atoms with Crippen molar-refractivity contribution in [1.82, 2.24) is 19.3 Å². The first-order valence-electron chi connectivity index (χ1n) is 10.9. The lowest BCUT2D eigenvalue weighted by atomic mass is 10.1. The summed E-state index contributed by atoms with van der Waals surface area (Å²) in [5.74, 6) is 1.66. The summed E-state index contributed by atoms with van der Waals surface area (Å²) in [6.07, 6.45) is 0. The first-order chi connectivity index (χ1) is 16.4. The number of fused-ring (bicyclic) bond motifs is 1. The lowest BCUT2D eigenvalue weighted by Crippen LogP contribution is -2.12. The van der Waals surface area contributed by atoms with Crippen LogP contribution in [0, 0.1) is 13.8 Å². The molecule has 2 aromatic heterocycles. The van der Waals surface area contributed by atoms with E-state index in [1.807, 2.05) is 85.1 Å². The summed E-state index contributed by atoms with van der Waals surface area (Å²) in [6.45, 7) is 3.96. The number of nitrogen functional groups attached to an aromatic ring is 1. The first-order valence-corrected chi connectivity index (χ1v) is 10.9. The van der Waals surface area contributed by atoms with Gasteiger partial charge in [0.2, 0.25) is 5.95 Å². The fraction of sp³-hybridized carbons (Fsp3) is 0.115. The Hall–Kier alpha value is -4.59. The fourth-order valence-corrected chi connectivity index (χ4v) is 3.86. The lowest BCUT2D eigenvalue weighted by molar-refractivity contribution is 0.102. The molecule has 0 saturated heterocycles. The number of imidazole rings is 1. The van der Waals surface area contributed by atoms with Crippen LogP contribution in [0.2, 0.25) is 0 Å². The molecule has 34 heavy (non-hydrogen) atoms. The van der Waals surface area contributed by atoms with Crippen molar-refractivity contribution in [3.05, 3.63) is 89.5 Å². The Morgan fingerprint density at radius 3 is 2.56 bits per heavy atom. The molecule has 3 aromatic carbocycles. The van der Waals surface area contributed by atoms with Crippen molar-refractivity contribution in [2.75, 3.05) is 16.4 Å². The lowest BCUT2D eigenvalue weighted by Gasteiger charge is -2.13. The van der Waals surface area contributed by atoms with Crippen LogP contribution in [0.5, 0.6) is 0 Å². The van der Waals surface area contributed by atoms with Crippen molar-refractivity contribution in [3.63, 3.8) is 0 Å². The predicted octanol–water partition coefficient (Wildman–Crippen LogP) is 4.95. The summed E-state index contributed by atoms with van der Waals surface area (Å²) in [6, 6.07) is 22.9. The average molecular weight is 452 g/mol. The predicted molar refractivity (Wildman–Crippen MR) is 136 cm³/mol. The molecule has 8 nitrogen and oxygen atoms in total. The maximum atomic E-state index is 12.7. The van der Waals surface area contributed by atoms with E-state index in [0.717, 1.165) is 27.8 Å². The molecule has 0 saturated carbocycles. The minimum atomic E-state index is -0.158. The Labute approximate surface area is 197 Å². The van der Waals surface area contributed by atoms with Crippen molar-refractivity contribution >= 4 is 40.1 Å². The molecule has 0 radical (unpaired) electrons. The second kappa shape index (κ2) is 8.40. The van der Waals surface area contributed by atoms with E-state index in [-0.39, 0.29) is 5.91 Å². The molecule has 4 N–H and O–H groups in total. The second-order valence-corrected chi connectivity index (χ2v) is 8.29. The van der Waals surface area contributed by atoms with Gasteiger partial charge in [0.05, 0.1) is 11.0 Å². The van der Waals surface area contributed by atoms with Crippen molar-refractivity contribution in [2.24, 2.45) is 7.05 Å². The number of aromatic nitrogens is 4. The van der Waals surface area contributed by atoms with Gasteiger partial charge < -0.3 is 16.4 Å². The molecular weight excluding hydrogens is 426 g/mol. The van der Waals surface area contributed by atoms with E-state index < -0.39 is 0 Å². The molecule has 0 aliphatic rings. The van der Waals surface area contributed by atoms with Gasteiger partial charge in [0, 0.05) is 30.1 Å². The number of nitrogens with zero attached hydrogens (tertiary/aromatic N) is 4. The van der Waals surface area contributed by atoms with E-state index in [1.165, 1.54) is 0 Å². The van der Waals surface area contributed by atoms with E-state index in [9.17, 15) is 4.79 Å². The Kier molecular flexibility index (Phi) is 5.25. The molecule has 0 aliphatic carbocycles. The zero-order chi connectivity index (χ0) is 23.8. The maximum absolute atomic E-state index is 12.7. The van der Waals surface area contributed by atoms with Crippen LogP contribution in [-0.2, 0) is 7.05 Å². The summed E-state index contributed by atoms with van der Waals surface area (Å²) >= 11 is 0. The molecular formula is C26H25N7O. The number of nitrogens with one attached hydrogen (secondary N) is 2. The van der Waals surface area contributed by atoms with Crippen LogP contribution >= 0.6 is 0 Å². The third kappa shape index (κ3) is 3.97. The highest BCUT2D eigenvalue weighted by molar-refractivity contribution is 6.04. The molecule has 5 aromatic rings. The van der Waals surface area contributed by atoms with Crippen molar-refractivity contribution in [1.29, 1.82) is 0 Å². The molecule has 0 atom stereocenters. The van der Waals surface area contributed by atoms with Crippen molar-refractivity contribution in [3.8, 4) is 5.82 Å². The highest BCUT2D eigenvalue weighted by Crippen LogP contribution is 2.29. The number of hydrogen-bond acceptors (Lipinski definition) is 5. The smallest absolute Gasteiger partial charge is 0.255 e. The molecule has 0 unspecified atom stereocenters. The van der Waals surface area contributed by atoms with Crippen molar-refractivity contribution < 1.29 is 4.79 Å². The molecule has 170 valence electrons. The van der Waals surface area contributed by atoms with E-state index in [1.54, 1.807) is 17.8 Å². The number of carbonyl (C=O) groups excluding carboxylic acids is 1. The number of amides is 1.